The maximum Gasteiger partial charge on any atom is 0.407 e. The van der Waals surface area contributed by atoms with Gasteiger partial charge in [0.2, 0.25) is 11.8 Å². The molecule has 0 bridgehead atoms. The second-order valence-electron chi connectivity index (χ2n) is 7.72. The molecule has 0 spiro atoms. The van der Waals surface area contributed by atoms with E-state index in [-0.39, 0.29) is 18.4 Å². The third kappa shape index (κ3) is 7.29. The summed E-state index contributed by atoms with van der Waals surface area (Å²) in [4.78, 5) is 37.8. The number of rotatable bonds is 7. The van der Waals surface area contributed by atoms with Gasteiger partial charge in [-0.05, 0) is 45.6 Å². The van der Waals surface area contributed by atoms with E-state index in [2.05, 4.69) is 10.6 Å². The summed E-state index contributed by atoms with van der Waals surface area (Å²) in [6.45, 7) is 6.42. The fourth-order valence-electron chi connectivity index (χ4n) is 2.88. The van der Waals surface area contributed by atoms with Gasteiger partial charge in [-0.15, -0.1) is 0 Å². The molecule has 1 fully saturated rings. The zero-order valence-electron chi connectivity index (χ0n) is 16.3. The van der Waals surface area contributed by atoms with Crippen LogP contribution in [0.2, 0.25) is 0 Å². The Morgan fingerprint density at radius 1 is 1.22 bits per heavy atom. The number of alkyl carbamates (subject to hydrolysis) is 1. The fraction of sp³-hybridized carbons (Fsp3) is 0.550. The smallest absolute Gasteiger partial charge is 0.407 e. The molecule has 1 heterocycles. The first-order valence-corrected chi connectivity index (χ1v) is 9.33. The minimum absolute atomic E-state index is 0.0569. The van der Waals surface area contributed by atoms with Gasteiger partial charge < -0.3 is 20.3 Å². The maximum atomic E-state index is 12.6. The number of carbonyl (C=O) groups excluding carboxylic acids is 3. The van der Waals surface area contributed by atoms with E-state index in [0.29, 0.717) is 32.4 Å². The first-order valence-electron chi connectivity index (χ1n) is 9.33. The average Bonchev–Trinajstić information content (AvgIpc) is 2.57. The molecular formula is C20H29N3O4. The average molecular weight is 375 g/mol. The van der Waals surface area contributed by atoms with Crippen LogP contribution in [-0.4, -0.2) is 47.5 Å². The van der Waals surface area contributed by atoms with Crippen molar-refractivity contribution in [1.29, 1.82) is 0 Å². The first-order chi connectivity index (χ1) is 12.7. The second-order valence-corrected chi connectivity index (χ2v) is 7.72. The lowest BCUT2D eigenvalue weighted by molar-refractivity contribution is -0.145. The van der Waals surface area contributed by atoms with Crippen LogP contribution in [0.5, 0.6) is 0 Å². The molecule has 0 aliphatic carbocycles. The number of hydrogen-bond donors (Lipinski definition) is 2. The number of ether oxygens (including phenoxy) is 1. The molecule has 1 atom stereocenters. The molecule has 0 unspecified atom stereocenters. The zero-order chi connectivity index (χ0) is 19.9. The topological polar surface area (TPSA) is 87.7 Å². The summed E-state index contributed by atoms with van der Waals surface area (Å²) >= 11 is 0. The lowest BCUT2D eigenvalue weighted by Gasteiger charge is -2.32. The van der Waals surface area contributed by atoms with E-state index in [4.69, 9.17) is 4.74 Å². The molecule has 1 aromatic rings. The largest absolute Gasteiger partial charge is 0.444 e. The highest BCUT2D eigenvalue weighted by molar-refractivity contribution is 5.94. The molecule has 0 saturated carbocycles. The van der Waals surface area contributed by atoms with Crippen LogP contribution < -0.4 is 10.6 Å². The first kappa shape index (κ1) is 20.7. The Kier molecular flexibility index (Phi) is 7.21. The van der Waals surface area contributed by atoms with Crippen molar-refractivity contribution in [3.63, 3.8) is 0 Å². The standard InChI is InChI=1S/C20H29N3O4/c1-20(2,3)27-19(26)21-12-8-7-11-16-18(25)23(14-17(24)22-16)13-15-9-5-4-6-10-15/h4-6,9-10,16H,7-8,11-14H2,1-3H3,(H,21,26)(H,22,24)/t16-/m0/s1. The summed E-state index contributed by atoms with van der Waals surface area (Å²) in [6.07, 6.45) is 1.52. The number of piperazine rings is 1. The van der Waals surface area contributed by atoms with E-state index in [0.717, 1.165) is 5.56 Å². The van der Waals surface area contributed by atoms with Gasteiger partial charge in [-0.25, -0.2) is 4.79 Å². The van der Waals surface area contributed by atoms with Crippen LogP contribution in [0, 0.1) is 0 Å². The highest BCUT2D eigenvalue weighted by atomic mass is 16.6. The van der Waals surface area contributed by atoms with Gasteiger partial charge in [-0.1, -0.05) is 30.3 Å². The van der Waals surface area contributed by atoms with E-state index in [1.54, 1.807) is 4.90 Å². The van der Waals surface area contributed by atoms with Gasteiger partial charge in [0.15, 0.2) is 0 Å². The van der Waals surface area contributed by atoms with Crippen LogP contribution >= 0.6 is 0 Å². The van der Waals surface area contributed by atoms with Crippen LogP contribution in [0.3, 0.4) is 0 Å². The van der Waals surface area contributed by atoms with E-state index < -0.39 is 17.7 Å². The Morgan fingerprint density at radius 3 is 2.59 bits per heavy atom. The molecule has 2 rings (SSSR count). The van der Waals surface area contributed by atoms with E-state index in [9.17, 15) is 14.4 Å². The zero-order valence-corrected chi connectivity index (χ0v) is 16.3. The van der Waals surface area contributed by atoms with Crippen molar-refractivity contribution in [2.75, 3.05) is 13.1 Å². The van der Waals surface area contributed by atoms with Gasteiger partial charge in [-0.2, -0.15) is 0 Å². The Morgan fingerprint density at radius 2 is 1.93 bits per heavy atom. The van der Waals surface area contributed by atoms with Crippen molar-refractivity contribution in [1.82, 2.24) is 15.5 Å². The molecule has 1 aliphatic heterocycles. The summed E-state index contributed by atoms with van der Waals surface area (Å²) in [5.74, 6) is -0.194. The predicted molar refractivity (Wildman–Crippen MR) is 102 cm³/mol. The molecular weight excluding hydrogens is 346 g/mol. The maximum absolute atomic E-state index is 12.6. The van der Waals surface area contributed by atoms with Gasteiger partial charge >= 0.3 is 6.09 Å². The molecule has 27 heavy (non-hydrogen) atoms. The minimum Gasteiger partial charge on any atom is -0.444 e. The van der Waals surface area contributed by atoms with Crippen molar-refractivity contribution < 1.29 is 19.1 Å². The lowest BCUT2D eigenvalue weighted by Crippen LogP contribution is -2.57. The number of hydrogen-bond acceptors (Lipinski definition) is 4. The number of nitrogens with one attached hydrogen (secondary N) is 2. The van der Waals surface area contributed by atoms with Crippen molar-refractivity contribution in [3.8, 4) is 0 Å². The van der Waals surface area contributed by atoms with Crippen LogP contribution in [0.15, 0.2) is 30.3 Å². The predicted octanol–water partition coefficient (Wildman–Crippen LogP) is 2.21. The van der Waals surface area contributed by atoms with Crippen molar-refractivity contribution in [2.24, 2.45) is 0 Å². The Balaban J connectivity index is 1.74. The molecule has 1 saturated heterocycles. The third-order valence-corrected chi connectivity index (χ3v) is 4.08. The molecule has 0 radical (unpaired) electrons. The number of unbranched alkanes of at least 4 members (excludes halogenated alkanes) is 1. The normalized spacial score (nSPS) is 17.4. The fourth-order valence-corrected chi connectivity index (χ4v) is 2.88. The number of benzene rings is 1. The van der Waals surface area contributed by atoms with Crippen molar-refractivity contribution >= 4 is 17.9 Å². The molecule has 7 nitrogen and oxygen atoms in total. The summed E-state index contributed by atoms with van der Waals surface area (Å²) in [7, 11) is 0. The molecule has 1 aliphatic rings. The molecule has 148 valence electrons. The van der Waals surface area contributed by atoms with E-state index in [1.807, 2.05) is 51.1 Å². The molecule has 0 aromatic heterocycles. The quantitative estimate of drug-likeness (QED) is 0.715. The van der Waals surface area contributed by atoms with Crippen LogP contribution in [0.25, 0.3) is 0 Å². The summed E-state index contributed by atoms with van der Waals surface area (Å²) in [5, 5.41) is 5.46. The summed E-state index contributed by atoms with van der Waals surface area (Å²) < 4.78 is 5.17. The molecule has 2 N–H and O–H groups in total. The van der Waals surface area contributed by atoms with Crippen molar-refractivity contribution in [2.45, 2.75) is 58.2 Å². The van der Waals surface area contributed by atoms with Crippen molar-refractivity contribution in [3.05, 3.63) is 35.9 Å². The van der Waals surface area contributed by atoms with E-state index >= 15 is 0 Å². The van der Waals surface area contributed by atoms with Gasteiger partial charge in [0.25, 0.3) is 0 Å². The highest BCUT2D eigenvalue weighted by Gasteiger charge is 2.32. The summed E-state index contributed by atoms with van der Waals surface area (Å²) in [5.41, 5.74) is 0.478. The van der Waals surface area contributed by atoms with Crippen LogP contribution in [0.1, 0.15) is 45.6 Å². The number of carbonyl (C=O) groups is 3. The monoisotopic (exact) mass is 375 g/mol. The van der Waals surface area contributed by atoms with Gasteiger partial charge in [0.1, 0.15) is 11.6 Å². The lowest BCUT2D eigenvalue weighted by atomic mass is 10.0. The molecule has 7 heteroatoms. The third-order valence-electron chi connectivity index (χ3n) is 4.08. The molecule has 1 aromatic carbocycles. The Bertz CT molecular complexity index is 655. The van der Waals surface area contributed by atoms with Crippen LogP contribution in [0.4, 0.5) is 4.79 Å². The second kappa shape index (κ2) is 9.39. The van der Waals surface area contributed by atoms with E-state index in [1.165, 1.54) is 0 Å². The SMILES string of the molecule is CC(C)(C)OC(=O)NCCCC[C@@H]1NC(=O)CN(Cc2ccccc2)C1=O. The number of nitrogens with zero attached hydrogens (tertiary/aromatic N) is 1. The molecule has 3 amide bonds. The summed E-state index contributed by atoms with van der Waals surface area (Å²) in [6, 6.07) is 9.13. The van der Waals surface area contributed by atoms with Gasteiger partial charge in [0, 0.05) is 13.1 Å². The Labute approximate surface area is 160 Å². The minimum atomic E-state index is -0.523. The van der Waals surface area contributed by atoms with Gasteiger partial charge in [0.05, 0.1) is 6.54 Å². The highest BCUT2D eigenvalue weighted by Crippen LogP contribution is 2.13. The Hall–Kier alpha value is -2.57. The van der Waals surface area contributed by atoms with Gasteiger partial charge in [-0.3, -0.25) is 9.59 Å². The number of amides is 3. The van der Waals surface area contributed by atoms with Crippen LogP contribution in [-0.2, 0) is 20.9 Å².